The molecule has 1 saturated carbocycles. The number of amides is 3. The first-order valence-corrected chi connectivity index (χ1v) is 14.7. The second-order valence-corrected chi connectivity index (χ2v) is 12.0. The fourth-order valence-corrected chi connectivity index (χ4v) is 4.96. The maximum absolute atomic E-state index is 14.2. The van der Waals surface area contributed by atoms with Crippen molar-refractivity contribution in [2.45, 2.75) is 77.6 Å². The first-order chi connectivity index (χ1) is 18.4. The number of hydrogen-bond acceptors (Lipinski definition) is 5. The Morgan fingerprint density at radius 1 is 1.13 bits per heavy atom. The predicted octanol–water partition coefficient (Wildman–Crippen LogP) is 6.26. The fourth-order valence-electron chi connectivity index (χ4n) is 4.49. The van der Waals surface area contributed by atoms with Gasteiger partial charge in [-0.1, -0.05) is 49.1 Å². The van der Waals surface area contributed by atoms with E-state index < -0.39 is 23.8 Å². The van der Waals surface area contributed by atoms with Crippen LogP contribution < -0.4 is 10.6 Å². The minimum absolute atomic E-state index is 0.101. The minimum atomic E-state index is -0.888. The average molecular weight is 552 g/mol. The van der Waals surface area contributed by atoms with Gasteiger partial charge < -0.3 is 20.3 Å². The second-order valence-electron chi connectivity index (χ2n) is 11.0. The molecule has 2 aromatic rings. The van der Waals surface area contributed by atoms with Crippen molar-refractivity contribution in [2.75, 3.05) is 17.3 Å². The SMILES string of the molecule is C=Cc1cccc(C(C(=O)Nc2c(C)cccc2C)N(C(=O)C(CCSC)NC(=O)OC(C)(C)C)C2CC2)c1. The highest BCUT2D eigenvalue weighted by Gasteiger charge is 2.44. The first-order valence-electron chi connectivity index (χ1n) is 13.3. The number of thioether (sulfide) groups is 1. The highest BCUT2D eigenvalue weighted by molar-refractivity contribution is 7.98. The Kier molecular flexibility index (Phi) is 10.2. The summed E-state index contributed by atoms with van der Waals surface area (Å²) in [4.78, 5) is 42.7. The second kappa shape index (κ2) is 13.2. The number of para-hydroxylation sites is 1. The van der Waals surface area contributed by atoms with Crippen LogP contribution in [0.1, 0.15) is 68.3 Å². The van der Waals surface area contributed by atoms with Gasteiger partial charge in [0.05, 0.1) is 0 Å². The summed E-state index contributed by atoms with van der Waals surface area (Å²) in [6.45, 7) is 13.1. The van der Waals surface area contributed by atoms with Crippen molar-refractivity contribution in [2.24, 2.45) is 0 Å². The van der Waals surface area contributed by atoms with Crippen LogP contribution >= 0.6 is 11.8 Å². The van der Waals surface area contributed by atoms with Crippen molar-refractivity contribution in [1.29, 1.82) is 0 Å². The third-order valence-corrected chi connectivity index (χ3v) is 7.16. The molecule has 2 aromatic carbocycles. The molecule has 0 heterocycles. The molecule has 210 valence electrons. The molecule has 1 aliphatic rings. The molecular weight excluding hydrogens is 510 g/mol. The molecule has 0 aromatic heterocycles. The summed E-state index contributed by atoms with van der Waals surface area (Å²) in [5, 5.41) is 5.91. The monoisotopic (exact) mass is 551 g/mol. The summed E-state index contributed by atoms with van der Waals surface area (Å²) in [7, 11) is 0. The summed E-state index contributed by atoms with van der Waals surface area (Å²) in [5.74, 6) is 0.0773. The molecule has 0 spiro atoms. The van der Waals surface area contributed by atoms with Gasteiger partial charge in [-0.15, -0.1) is 0 Å². The van der Waals surface area contributed by atoms with Gasteiger partial charge in [-0.2, -0.15) is 11.8 Å². The molecule has 0 aliphatic heterocycles. The number of anilines is 1. The van der Waals surface area contributed by atoms with Gasteiger partial charge >= 0.3 is 6.09 Å². The van der Waals surface area contributed by atoms with Crippen LogP contribution in [0, 0.1) is 13.8 Å². The maximum atomic E-state index is 14.2. The van der Waals surface area contributed by atoms with Crippen LogP contribution in [-0.4, -0.2) is 52.5 Å². The summed E-state index contributed by atoms with van der Waals surface area (Å²) >= 11 is 1.59. The summed E-state index contributed by atoms with van der Waals surface area (Å²) in [6, 6.07) is 11.6. The Morgan fingerprint density at radius 2 is 1.77 bits per heavy atom. The van der Waals surface area contributed by atoms with E-state index in [1.165, 1.54) is 0 Å². The van der Waals surface area contributed by atoms with E-state index in [1.54, 1.807) is 43.5 Å². The van der Waals surface area contributed by atoms with E-state index in [4.69, 9.17) is 4.74 Å². The number of hydrogen-bond donors (Lipinski definition) is 2. The van der Waals surface area contributed by atoms with Crippen molar-refractivity contribution in [1.82, 2.24) is 10.2 Å². The van der Waals surface area contributed by atoms with Crippen LogP contribution in [0.15, 0.2) is 49.0 Å². The van der Waals surface area contributed by atoms with Crippen molar-refractivity contribution in [3.05, 3.63) is 71.3 Å². The normalized spacial score (nSPS) is 14.6. The molecule has 3 amide bonds. The van der Waals surface area contributed by atoms with E-state index in [0.717, 1.165) is 35.2 Å². The van der Waals surface area contributed by atoms with Gasteiger partial charge in [-0.05, 0) is 94.2 Å². The standard InChI is InChI=1S/C31H41N3O4S/c1-8-22-13-10-14-23(19-22)27(28(35)33-26-20(2)11-9-12-21(26)3)34(24-15-16-24)29(36)25(17-18-39-7)32-30(37)38-31(4,5)6/h8-14,19,24-25,27H,1,15-18H2,2-7H3,(H,32,37)(H,33,35). The number of aryl methyl sites for hydroxylation is 2. The molecule has 3 rings (SSSR count). The highest BCUT2D eigenvalue weighted by atomic mass is 32.2. The van der Waals surface area contributed by atoms with E-state index in [9.17, 15) is 14.4 Å². The number of carbonyl (C=O) groups excluding carboxylic acids is 3. The number of ether oxygens (including phenoxy) is 1. The molecule has 0 saturated heterocycles. The van der Waals surface area contributed by atoms with Crippen LogP contribution in [0.5, 0.6) is 0 Å². The number of alkyl carbamates (subject to hydrolysis) is 1. The van der Waals surface area contributed by atoms with Gasteiger partial charge in [0.2, 0.25) is 5.91 Å². The van der Waals surface area contributed by atoms with Gasteiger partial charge in [-0.25, -0.2) is 4.79 Å². The van der Waals surface area contributed by atoms with Gasteiger partial charge in [0, 0.05) is 11.7 Å². The number of nitrogens with zero attached hydrogens (tertiary/aromatic N) is 1. The molecule has 2 N–H and O–H groups in total. The van der Waals surface area contributed by atoms with Crippen LogP contribution in [0.25, 0.3) is 6.08 Å². The predicted molar refractivity (Wildman–Crippen MR) is 160 cm³/mol. The summed E-state index contributed by atoms with van der Waals surface area (Å²) < 4.78 is 5.46. The Morgan fingerprint density at radius 3 is 2.33 bits per heavy atom. The fraction of sp³-hybridized carbons (Fsp3) is 0.452. The number of benzene rings is 2. The molecule has 8 heteroatoms. The first kappa shape index (κ1) is 30.3. The molecule has 0 radical (unpaired) electrons. The smallest absolute Gasteiger partial charge is 0.408 e. The zero-order valence-electron chi connectivity index (χ0n) is 23.9. The van der Waals surface area contributed by atoms with Gasteiger partial charge in [-0.3, -0.25) is 9.59 Å². The Balaban J connectivity index is 2.03. The molecule has 39 heavy (non-hydrogen) atoms. The Hall–Kier alpha value is -3.26. The van der Waals surface area contributed by atoms with Gasteiger partial charge in [0.1, 0.15) is 17.7 Å². The number of rotatable bonds is 11. The lowest BCUT2D eigenvalue weighted by molar-refractivity contribution is -0.141. The molecule has 1 aliphatic carbocycles. The third-order valence-electron chi connectivity index (χ3n) is 6.51. The van der Waals surface area contributed by atoms with Crippen LogP contribution in [0.3, 0.4) is 0 Å². The van der Waals surface area contributed by atoms with Crippen molar-refractivity contribution in [3.63, 3.8) is 0 Å². The molecule has 1 fully saturated rings. The average Bonchev–Trinajstić information content (AvgIpc) is 3.71. The highest BCUT2D eigenvalue weighted by Crippen LogP contribution is 2.37. The molecule has 2 unspecified atom stereocenters. The van der Waals surface area contributed by atoms with Crippen LogP contribution in [0.4, 0.5) is 10.5 Å². The molecule has 7 nitrogen and oxygen atoms in total. The lowest BCUT2D eigenvalue weighted by atomic mass is 9.99. The summed E-state index contributed by atoms with van der Waals surface area (Å²) in [5.41, 5.74) is 3.46. The van der Waals surface area contributed by atoms with E-state index in [-0.39, 0.29) is 17.9 Å². The van der Waals surface area contributed by atoms with Crippen LogP contribution in [0.2, 0.25) is 0 Å². The third kappa shape index (κ3) is 8.36. The minimum Gasteiger partial charge on any atom is -0.444 e. The van der Waals surface area contributed by atoms with E-state index in [2.05, 4.69) is 17.2 Å². The van der Waals surface area contributed by atoms with E-state index >= 15 is 0 Å². The lowest BCUT2D eigenvalue weighted by Crippen LogP contribution is -2.53. The van der Waals surface area contributed by atoms with Crippen molar-refractivity contribution in [3.8, 4) is 0 Å². The maximum Gasteiger partial charge on any atom is 0.408 e. The number of nitrogens with one attached hydrogen (secondary N) is 2. The Labute approximate surface area is 236 Å². The van der Waals surface area contributed by atoms with Crippen molar-refractivity contribution < 1.29 is 19.1 Å². The zero-order chi connectivity index (χ0) is 28.7. The molecule has 2 atom stereocenters. The lowest BCUT2D eigenvalue weighted by Gasteiger charge is -2.35. The van der Waals surface area contributed by atoms with E-state index in [0.29, 0.717) is 17.7 Å². The molecular formula is C31H41N3O4S. The van der Waals surface area contributed by atoms with Crippen LogP contribution in [-0.2, 0) is 14.3 Å². The largest absolute Gasteiger partial charge is 0.444 e. The molecule has 0 bridgehead atoms. The Bertz CT molecular complexity index is 1180. The van der Waals surface area contributed by atoms with Gasteiger partial charge in [0.15, 0.2) is 0 Å². The van der Waals surface area contributed by atoms with E-state index in [1.807, 2.05) is 62.6 Å². The summed E-state index contributed by atoms with van der Waals surface area (Å²) in [6.07, 6.45) is 5.03. The topological polar surface area (TPSA) is 87.7 Å². The number of carbonyl (C=O) groups is 3. The quantitative estimate of drug-likeness (QED) is 0.344. The zero-order valence-corrected chi connectivity index (χ0v) is 24.7. The van der Waals surface area contributed by atoms with Gasteiger partial charge in [0.25, 0.3) is 5.91 Å². The van der Waals surface area contributed by atoms with Crippen molar-refractivity contribution >= 4 is 41.4 Å².